The van der Waals surface area contributed by atoms with Crippen LogP contribution in [0.1, 0.15) is 25.7 Å². The Hall–Kier alpha value is -1.83. The first-order valence-corrected chi connectivity index (χ1v) is 6.59. The van der Waals surface area contributed by atoms with Crippen LogP contribution in [-0.2, 0) is 0 Å². The van der Waals surface area contributed by atoms with Crippen molar-refractivity contribution in [3.63, 3.8) is 0 Å². The van der Waals surface area contributed by atoms with Gasteiger partial charge in [0.2, 0.25) is 0 Å². The lowest BCUT2D eigenvalue weighted by Gasteiger charge is -2.16. The third-order valence-electron chi connectivity index (χ3n) is 3.38. The number of benzene rings is 1. The van der Waals surface area contributed by atoms with Crippen molar-refractivity contribution in [3.8, 4) is 5.75 Å². The van der Waals surface area contributed by atoms with Crippen LogP contribution in [0.2, 0.25) is 0 Å². The molecule has 0 saturated carbocycles. The molecule has 0 saturated heterocycles. The lowest BCUT2D eigenvalue weighted by atomic mass is 10.1. The molecule has 3 rings (SSSR count). The van der Waals surface area contributed by atoms with Crippen LogP contribution < -0.4 is 4.74 Å². The van der Waals surface area contributed by atoms with Gasteiger partial charge in [0.25, 0.3) is 0 Å². The molecule has 1 aliphatic rings. The number of hydrogen-bond acceptors (Lipinski definition) is 2. The van der Waals surface area contributed by atoms with Crippen molar-refractivity contribution in [1.29, 1.82) is 0 Å². The molecule has 2 heteroatoms. The first kappa shape index (κ1) is 11.3. The molecule has 1 aliphatic carbocycles. The van der Waals surface area contributed by atoms with E-state index in [9.17, 15) is 0 Å². The van der Waals surface area contributed by atoms with Crippen molar-refractivity contribution >= 4 is 10.8 Å². The van der Waals surface area contributed by atoms with Gasteiger partial charge in [-0.2, -0.15) is 0 Å². The molecule has 18 heavy (non-hydrogen) atoms. The average molecular weight is 239 g/mol. The first-order chi connectivity index (χ1) is 8.93. The molecule has 0 aliphatic heterocycles. The van der Waals surface area contributed by atoms with E-state index in [4.69, 9.17) is 4.74 Å². The van der Waals surface area contributed by atoms with E-state index in [1.165, 1.54) is 19.3 Å². The van der Waals surface area contributed by atoms with Gasteiger partial charge in [-0.3, -0.25) is 4.98 Å². The standard InChI is InChI=1S/C16H17NO/c1-2-4-8-14(7-3-1)18-16-9-5-6-13-12-17-11-10-15(13)16/h3,5-7,9-12,14H,1-2,4,8H2. The van der Waals surface area contributed by atoms with Crippen molar-refractivity contribution in [1.82, 2.24) is 4.98 Å². The largest absolute Gasteiger partial charge is 0.486 e. The fraction of sp³-hybridized carbons (Fsp3) is 0.312. The van der Waals surface area contributed by atoms with Crippen molar-refractivity contribution in [3.05, 3.63) is 48.8 Å². The van der Waals surface area contributed by atoms with Gasteiger partial charge < -0.3 is 4.74 Å². The van der Waals surface area contributed by atoms with E-state index in [0.29, 0.717) is 0 Å². The van der Waals surface area contributed by atoms with Crippen LogP contribution in [-0.4, -0.2) is 11.1 Å². The summed E-state index contributed by atoms with van der Waals surface area (Å²) in [6, 6.07) is 8.16. The zero-order chi connectivity index (χ0) is 12.2. The third-order valence-corrected chi connectivity index (χ3v) is 3.38. The number of pyridine rings is 1. The van der Waals surface area contributed by atoms with Gasteiger partial charge in [0.1, 0.15) is 11.9 Å². The first-order valence-electron chi connectivity index (χ1n) is 6.59. The summed E-state index contributed by atoms with van der Waals surface area (Å²) in [5, 5.41) is 2.28. The number of ether oxygens (including phenoxy) is 1. The van der Waals surface area contributed by atoms with E-state index in [2.05, 4.69) is 23.2 Å². The highest BCUT2D eigenvalue weighted by molar-refractivity contribution is 5.87. The topological polar surface area (TPSA) is 22.1 Å². The molecule has 0 spiro atoms. The highest BCUT2D eigenvalue weighted by Gasteiger charge is 2.10. The summed E-state index contributed by atoms with van der Waals surface area (Å²) >= 11 is 0. The highest BCUT2D eigenvalue weighted by Crippen LogP contribution is 2.27. The molecule has 1 atom stereocenters. The average Bonchev–Trinajstić information content (AvgIpc) is 2.68. The van der Waals surface area contributed by atoms with Crippen molar-refractivity contribution in [2.24, 2.45) is 0 Å². The van der Waals surface area contributed by atoms with Crippen LogP contribution in [0.25, 0.3) is 10.8 Å². The van der Waals surface area contributed by atoms with E-state index >= 15 is 0 Å². The molecule has 0 bridgehead atoms. The van der Waals surface area contributed by atoms with Gasteiger partial charge in [-0.25, -0.2) is 0 Å². The van der Waals surface area contributed by atoms with E-state index < -0.39 is 0 Å². The van der Waals surface area contributed by atoms with Crippen molar-refractivity contribution in [2.45, 2.75) is 31.8 Å². The van der Waals surface area contributed by atoms with Gasteiger partial charge in [0.15, 0.2) is 0 Å². The highest BCUT2D eigenvalue weighted by atomic mass is 16.5. The van der Waals surface area contributed by atoms with Crippen LogP contribution in [0.5, 0.6) is 5.75 Å². The Labute approximate surface area is 107 Å². The molecule has 2 nitrogen and oxygen atoms in total. The lowest BCUT2D eigenvalue weighted by molar-refractivity contribution is 0.240. The maximum atomic E-state index is 6.13. The number of fused-ring (bicyclic) bond motifs is 1. The summed E-state index contributed by atoms with van der Waals surface area (Å²) in [5.41, 5.74) is 0. The summed E-state index contributed by atoms with van der Waals surface area (Å²) in [6.45, 7) is 0. The smallest absolute Gasteiger partial charge is 0.128 e. The second-order valence-electron chi connectivity index (χ2n) is 4.72. The van der Waals surface area contributed by atoms with Gasteiger partial charge in [0.05, 0.1) is 0 Å². The minimum Gasteiger partial charge on any atom is -0.486 e. The molecule has 1 unspecified atom stereocenters. The van der Waals surface area contributed by atoms with Crippen LogP contribution in [0.15, 0.2) is 48.8 Å². The van der Waals surface area contributed by atoms with E-state index in [1.807, 2.05) is 30.6 Å². The number of aromatic nitrogens is 1. The minimum absolute atomic E-state index is 0.214. The van der Waals surface area contributed by atoms with Gasteiger partial charge in [-0.1, -0.05) is 18.2 Å². The molecule has 2 aromatic rings. The second-order valence-corrected chi connectivity index (χ2v) is 4.72. The van der Waals surface area contributed by atoms with Crippen LogP contribution >= 0.6 is 0 Å². The summed E-state index contributed by atoms with van der Waals surface area (Å²) in [7, 11) is 0. The maximum Gasteiger partial charge on any atom is 0.128 e. The Bertz CT molecular complexity index is 557. The third kappa shape index (κ3) is 2.37. The molecule has 1 heterocycles. The Morgan fingerprint density at radius 3 is 3.17 bits per heavy atom. The predicted octanol–water partition coefficient (Wildman–Crippen LogP) is 4.11. The summed E-state index contributed by atoms with van der Waals surface area (Å²) in [5.74, 6) is 0.964. The fourth-order valence-corrected chi connectivity index (χ4v) is 2.41. The summed E-state index contributed by atoms with van der Waals surface area (Å²) in [4.78, 5) is 4.15. The molecule has 0 N–H and O–H groups in total. The summed E-state index contributed by atoms with van der Waals surface area (Å²) in [6.07, 6.45) is 13.2. The van der Waals surface area contributed by atoms with Crippen molar-refractivity contribution in [2.75, 3.05) is 0 Å². The van der Waals surface area contributed by atoms with Crippen LogP contribution in [0.4, 0.5) is 0 Å². The SMILES string of the molecule is C1=CC(Oc2cccc3cnccc23)CCCC1. The normalized spacial score (nSPS) is 19.7. The molecule has 1 aromatic heterocycles. The number of allylic oxidation sites excluding steroid dienone is 1. The van der Waals surface area contributed by atoms with Crippen LogP contribution in [0, 0.1) is 0 Å². The van der Waals surface area contributed by atoms with E-state index in [-0.39, 0.29) is 6.10 Å². The second kappa shape index (κ2) is 5.21. The van der Waals surface area contributed by atoms with Gasteiger partial charge >= 0.3 is 0 Å². The molecule has 1 aromatic carbocycles. The number of rotatable bonds is 2. The molecule has 0 radical (unpaired) electrons. The zero-order valence-electron chi connectivity index (χ0n) is 10.4. The Balaban J connectivity index is 1.90. The summed E-state index contributed by atoms with van der Waals surface area (Å²) < 4.78 is 6.13. The Kier molecular flexibility index (Phi) is 3.26. The molecule has 92 valence electrons. The van der Waals surface area contributed by atoms with E-state index in [0.717, 1.165) is 22.9 Å². The monoisotopic (exact) mass is 239 g/mol. The molecule has 0 amide bonds. The lowest BCUT2D eigenvalue weighted by Crippen LogP contribution is -2.12. The predicted molar refractivity (Wildman–Crippen MR) is 73.8 cm³/mol. The number of hydrogen-bond donors (Lipinski definition) is 0. The fourth-order valence-electron chi connectivity index (χ4n) is 2.41. The molecular weight excluding hydrogens is 222 g/mol. The zero-order valence-corrected chi connectivity index (χ0v) is 10.4. The number of nitrogens with zero attached hydrogens (tertiary/aromatic N) is 1. The quantitative estimate of drug-likeness (QED) is 0.736. The van der Waals surface area contributed by atoms with Crippen molar-refractivity contribution < 1.29 is 4.74 Å². The Morgan fingerprint density at radius 2 is 2.17 bits per heavy atom. The molecular formula is C16H17NO. The molecule has 0 fully saturated rings. The van der Waals surface area contributed by atoms with Gasteiger partial charge in [0, 0.05) is 23.2 Å². The van der Waals surface area contributed by atoms with E-state index in [1.54, 1.807) is 0 Å². The minimum atomic E-state index is 0.214. The van der Waals surface area contributed by atoms with Crippen LogP contribution in [0.3, 0.4) is 0 Å². The maximum absolute atomic E-state index is 6.13. The Morgan fingerprint density at radius 1 is 1.17 bits per heavy atom. The van der Waals surface area contributed by atoms with Gasteiger partial charge in [-0.15, -0.1) is 0 Å². The van der Waals surface area contributed by atoms with Gasteiger partial charge in [-0.05, 0) is 43.9 Å².